The Morgan fingerprint density at radius 2 is 2.08 bits per heavy atom. The lowest BCUT2D eigenvalue weighted by Crippen LogP contribution is -2.25. The number of fused-ring (bicyclic) bond motifs is 1. The molecule has 4 rings (SSSR count). The predicted octanol–water partition coefficient (Wildman–Crippen LogP) is 3.92. The van der Waals surface area contributed by atoms with E-state index in [0.29, 0.717) is 29.2 Å². The number of oxazole rings is 1. The maximum atomic E-state index is 12.2. The van der Waals surface area contributed by atoms with E-state index >= 15 is 0 Å². The quantitative estimate of drug-likeness (QED) is 0.669. The Morgan fingerprint density at radius 3 is 2.80 bits per heavy atom. The van der Waals surface area contributed by atoms with E-state index in [1.54, 1.807) is 23.1 Å². The number of hydrogen-bond donors (Lipinski definition) is 0. The van der Waals surface area contributed by atoms with Crippen LogP contribution in [0.5, 0.6) is 0 Å². The Morgan fingerprint density at radius 1 is 1.28 bits per heavy atom. The molecule has 0 saturated carbocycles. The Hall–Kier alpha value is -2.66. The predicted molar refractivity (Wildman–Crippen MR) is 95.5 cm³/mol. The molecule has 2 heterocycles. The zero-order valence-electron chi connectivity index (χ0n) is 13.5. The number of hydrogen-bond acceptors (Lipinski definition) is 4. The van der Waals surface area contributed by atoms with Gasteiger partial charge in [0.1, 0.15) is 5.52 Å². The van der Waals surface area contributed by atoms with Crippen LogP contribution in [0.4, 0.5) is 5.69 Å². The normalized spacial score (nSPS) is 17.4. The summed E-state index contributed by atoms with van der Waals surface area (Å²) in [4.78, 5) is 29.6. The standard InChI is InChI=1S/C19H15ClN2O3/c1-11-4-2-3-5-14(11)19-21-15-9-13(6-7-16(15)25-19)22-10-12(18(20)24)8-17(22)23/h2-7,9,12H,8,10H2,1H3/t12-/m1/s1. The molecule has 2 aromatic carbocycles. The average Bonchev–Trinajstić information content (AvgIpc) is 3.18. The molecule has 0 N–H and O–H groups in total. The van der Waals surface area contributed by atoms with E-state index in [1.165, 1.54) is 0 Å². The summed E-state index contributed by atoms with van der Waals surface area (Å²) in [5.41, 5.74) is 4.03. The van der Waals surface area contributed by atoms with Gasteiger partial charge in [0, 0.05) is 24.2 Å². The van der Waals surface area contributed by atoms with Gasteiger partial charge in [0.2, 0.25) is 17.0 Å². The molecule has 1 atom stereocenters. The van der Waals surface area contributed by atoms with Crippen LogP contribution in [0, 0.1) is 12.8 Å². The number of benzene rings is 2. The zero-order chi connectivity index (χ0) is 17.6. The van der Waals surface area contributed by atoms with Crippen LogP contribution in [0.1, 0.15) is 12.0 Å². The number of carbonyl (C=O) groups is 2. The summed E-state index contributed by atoms with van der Waals surface area (Å²) in [7, 11) is 0. The smallest absolute Gasteiger partial charge is 0.227 e. The lowest BCUT2D eigenvalue weighted by atomic mass is 10.1. The summed E-state index contributed by atoms with van der Waals surface area (Å²) >= 11 is 5.54. The number of aryl methyl sites for hydroxylation is 1. The minimum atomic E-state index is -0.472. The summed E-state index contributed by atoms with van der Waals surface area (Å²) < 4.78 is 5.85. The Kier molecular flexibility index (Phi) is 3.81. The third-order valence-electron chi connectivity index (χ3n) is 4.50. The number of halogens is 1. The molecule has 1 aliphatic rings. The van der Waals surface area contributed by atoms with Gasteiger partial charge in [-0.25, -0.2) is 4.98 Å². The lowest BCUT2D eigenvalue weighted by Gasteiger charge is -2.15. The highest BCUT2D eigenvalue weighted by atomic mass is 35.5. The van der Waals surface area contributed by atoms with Crippen LogP contribution in [0.25, 0.3) is 22.6 Å². The fourth-order valence-corrected chi connectivity index (χ4v) is 3.27. The van der Waals surface area contributed by atoms with Gasteiger partial charge in [-0.3, -0.25) is 9.59 Å². The van der Waals surface area contributed by atoms with Crippen LogP contribution in [0.3, 0.4) is 0 Å². The second-order valence-electron chi connectivity index (χ2n) is 6.20. The van der Waals surface area contributed by atoms with Crippen molar-refractivity contribution in [1.29, 1.82) is 0 Å². The summed E-state index contributed by atoms with van der Waals surface area (Å²) in [6.45, 7) is 2.30. The summed E-state index contributed by atoms with van der Waals surface area (Å²) in [5, 5.41) is -0.472. The number of rotatable bonds is 3. The first-order chi connectivity index (χ1) is 12.0. The largest absolute Gasteiger partial charge is 0.436 e. The van der Waals surface area contributed by atoms with E-state index in [2.05, 4.69) is 4.98 Å². The summed E-state index contributed by atoms with van der Waals surface area (Å²) in [6, 6.07) is 13.3. The number of amides is 1. The minimum absolute atomic E-state index is 0.110. The van der Waals surface area contributed by atoms with Gasteiger partial charge >= 0.3 is 0 Å². The van der Waals surface area contributed by atoms with Gasteiger partial charge in [-0.2, -0.15) is 0 Å². The molecule has 1 aliphatic heterocycles. The van der Waals surface area contributed by atoms with Crippen LogP contribution in [0.2, 0.25) is 0 Å². The maximum Gasteiger partial charge on any atom is 0.227 e. The van der Waals surface area contributed by atoms with Crippen LogP contribution in [0.15, 0.2) is 46.9 Å². The van der Waals surface area contributed by atoms with Gasteiger partial charge in [0.05, 0.1) is 5.92 Å². The van der Waals surface area contributed by atoms with Gasteiger partial charge in [0.25, 0.3) is 0 Å². The molecule has 0 spiro atoms. The van der Waals surface area contributed by atoms with E-state index in [9.17, 15) is 9.59 Å². The molecule has 126 valence electrons. The highest BCUT2D eigenvalue weighted by Gasteiger charge is 2.34. The van der Waals surface area contributed by atoms with E-state index in [1.807, 2.05) is 31.2 Å². The van der Waals surface area contributed by atoms with Crippen LogP contribution in [-0.4, -0.2) is 22.7 Å². The molecule has 25 heavy (non-hydrogen) atoms. The maximum absolute atomic E-state index is 12.2. The molecule has 0 radical (unpaired) electrons. The summed E-state index contributed by atoms with van der Waals surface area (Å²) in [6.07, 6.45) is 0.146. The van der Waals surface area contributed by atoms with Gasteiger partial charge in [-0.15, -0.1) is 0 Å². The monoisotopic (exact) mass is 354 g/mol. The van der Waals surface area contributed by atoms with Gasteiger partial charge in [0.15, 0.2) is 5.58 Å². The Balaban J connectivity index is 1.71. The van der Waals surface area contributed by atoms with Gasteiger partial charge < -0.3 is 9.32 Å². The van der Waals surface area contributed by atoms with Crippen molar-refractivity contribution in [3.8, 4) is 11.5 Å². The third kappa shape index (κ3) is 2.81. The van der Waals surface area contributed by atoms with Crippen molar-refractivity contribution < 1.29 is 14.0 Å². The lowest BCUT2D eigenvalue weighted by molar-refractivity contribution is -0.120. The first-order valence-electron chi connectivity index (χ1n) is 7.99. The molecular formula is C19H15ClN2O3. The third-order valence-corrected chi connectivity index (χ3v) is 4.81. The van der Waals surface area contributed by atoms with Crippen molar-refractivity contribution in [3.63, 3.8) is 0 Å². The number of carbonyl (C=O) groups excluding carboxylic acids is 2. The molecule has 0 aliphatic carbocycles. The molecule has 3 aromatic rings. The fraction of sp³-hybridized carbons (Fsp3) is 0.211. The van der Waals surface area contributed by atoms with E-state index < -0.39 is 11.2 Å². The minimum Gasteiger partial charge on any atom is -0.436 e. The molecule has 1 fully saturated rings. The van der Waals surface area contributed by atoms with Crippen molar-refractivity contribution in [3.05, 3.63) is 48.0 Å². The SMILES string of the molecule is Cc1ccccc1-c1nc2cc(N3C[C@H](C(=O)Cl)CC3=O)ccc2o1. The molecule has 1 amide bonds. The number of nitrogens with zero attached hydrogens (tertiary/aromatic N) is 2. The molecule has 1 aromatic heterocycles. The summed E-state index contributed by atoms with van der Waals surface area (Å²) in [5.74, 6) is -0.0162. The van der Waals surface area contributed by atoms with Crippen molar-refractivity contribution in [1.82, 2.24) is 4.98 Å². The second-order valence-corrected chi connectivity index (χ2v) is 6.57. The van der Waals surface area contributed by atoms with Gasteiger partial charge in [-0.1, -0.05) is 18.2 Å². The molecule has 0 bridgehead atoms. The van der Waals surface area contributed by atoms with Crippen molar-refractivity contribution >= 4 is 39.5 Å². The van der Waals surface area contributed by atoms with E-state index in [4.69, 9.17) is 16.0 Å². The second kappa shape index (κ2) is 6.01. The fourth-order valence-electron chi connectivity index (χ4n) is 3.12. The molecule has 5 nitrogen and oxygen atoms in total. The first kappa shape index (κ1) is 15.8. The van der Waals surface area contributed by atoms with Crippen LogP contribution >= 0.6 is 11.6 Å². The van der Waals surface area contributed by atoms with Gasteiger partial charge in [-0.05, 0) is 48.4 Å². The zero-order valence-corrected chi connectivity index (χ0v) is 14.3. The number of aromatic nitrogens is 1. The van der Waals surface area contributed by atoms with Crippen LogP contribution in [-0.2, 0) is 9.59 Å². The molecular weight excluding hydrogens is 340 g/mol. The van der Waals surface area contributed by atoms with Crippen molar-refractivity contribution in [2.75, 3.05) is 11.4 Å². The average molecular weight is 355 g/mol. The first-order valence-corrected chi connectivity index (χ1v) is 8.37. The van der Waals surface area contributed by atoms with E-state index in [0.717, 1.165) is 11.1 Å². The Labute approximate surface area is 149 Å². The molecule has 6 heteroatoms. The highest BCUT2D eigenvalue weighted by Crippen LogP contribution is 2.31. The van der Waals surface area contributed by atoms with Crippen molar-refractivity contribution in [2.45, 2.75) is 13.3 Å². The van der Waals surface area contributed by atoms with Crippen molar-refractivity contribution in [2.24, 2.45) is 5.92 Å². The topological polar surface area (TPSA) is 63.4 Å². The molecule has 0 unspecified atom stereocenters. The Bertz CT molecular complexity index is 995. The van der Waals surface area contributed by atoms with Crippen LogP contribution < -0.4 is 4.90 Å². The number of anilines is 1. The van der Waals surface area contributed by atoms with E-state index in [-0.39, 0.29) is 12.3 Å². The molecule has 1 saturated heterocycles. The highest BCUT2D eigenvalue weighted by molar-refractivity contribution is 6.64.